The van der Waals surface area contributed by atoms with E-state index < -0.39 is 11.9 Å². The number of fused-ring (bicyclic) bond motifs is 1. The molecule has 2 rings (SSSR count). The van der Waals surface area contributed by atoms with E-state index in [0.29, 0.717) is 11.3 Å². The van der Waals surface area contributed by atoms with Crippen molar-refractivity contribution in [2.24, 2.45) is 5.10 Å². The fourth-order valence-corrected chi connectivity index (χ4v) is 2.16. The summed E-state index contributed by atoms with van der Waals surface area (Å²) >= 11 is 0. The van der Waals surface area contributed by atoms with Crippen LogP contribution in [0.2, 0.25) is 0 Å². The third kappa shape index (κ3) is 2.96. The Labute approximate surface area is 132 Å². The van der Waals surface area contributed by atoms with Crippen LogP contribution in [0.25, 0.3) is 11.5 Å². The number of esters is 1. The minimum absolute atomic E-state index is 0.137. The monoisotopic (exact) mass is 319 g/mol. The Morgan fingerprint density at radius 1 is 1.48 bits per heavy atom. The van der Waals surface area contributed by atoms with Crippen LogP contribution >= 0.6 is 0 Å². The van der Waals surface area contributed by atoms with E-state index in [4.69, 9.17) is 4.42 Å². The third-order valence-electron chi connectivity index (χ3n) is 3.16. The van der Waals surface area contributed by atoms with Gasteiger partial charge in [0, 0.05) is 11.8 Å². The predicted molar refractivity (Wildman–Crippen MR) is 82.9 cm³/mol. The second-order valence-electron chi connectivity index (χ2n) is 4.48. The van der Waals surface area contributed by atoms with Gasteiger partial charge < -0.3 is 19.6 Å². The lowest BCUT2D eigenvalue weighted by molar-refractivity contribution is -0.140. The number of hydrogen-bond acceptors (Lipinski definition) is 7. The Morgan fingerprint density at radius 2 is 2.22 bits per heavy atom. The van der Waals surface area contributed by atoms with Crippen LogP contribution in [0.3, 0.4) is 0 Å². The first-order valence-electron chi connectivity index (χ1n) is 6.86. The lowest BCUT2D eigenvalue weighted by atomic mass is 10.0. The summed E-state index contributed by atoms with van der Waals surface area (Å²) in [5, 5.41) is 18.2. The van der Waals surface area contributed by atoms with E-state index >= 15 is 0 Å². The predicted octanol–water partition coefficient (Wildman–Crippen LogP) is 1.48. The van der Waals surface area contributed by atoms with Crippen LogP contribution < -0.4 is 5.32 Å². The van der Waals surface area contributed by atoms with Crippen LogP contribution in [-0.2, 0) is 14.3 Å². The Bertz CT molecular complexity index is 714. The van der Waals surface area contributed by atoms with Crippen molar-refractivity contribution in [1.29, 1.82) is 0 Å². The molecule has 0 saturated heterocycles. The van der Waals surface area contributed by atoms with Gasteiger partial charge in [-0.3, -0.25) is 9.59 Å². The maximum Gasteiger partial charge on any atom is 0.325 e. The normalized spacial score (nSPS) is 16.0. The molecule has 0 radical (unpaired) electrons. The number of carbonyl (C=O) groups is 2. The van der Waals surface area contributed by atoms with Crippen LogP contribution in [-0.4, -0.2) is 41.9 Å². The van der Waals surface area contributed by atoms with Gasteiger partial charge in [-0.05, 0) is 19.9 Å². The van der Waals surface area contributed by atoms with Crippen molar-refractivity contribution in [3.63, 3.8) is 0 Å². The van der Waals surface area contributed by atoms with Crippen LogP contribution in [0, 0.1) is 0 Å². The van der Waals surface area contributed by atoms with Crippen molar-refractivity contribution in [3.05, 3.63) is 35.4 Å². The molecule has 2 N–H and O–H groups in total. The van der Waals surface area contributed by atoms with Gasteiger partial charge in [-0.15, -0.1) is 0 Å². The second-order valence-corrected chi connectivity index (χ2v) is 4.48. The molecule has 0 fully saturated rings. The number of nitrogens with zero attached hydrogens (tertiary/aromatic N) is 2. The fraction of sp³-hybridized carbons (Fsp3) is 0.267. The van der Waals surface area contributed by atoms with Gasteiger partial charge in [0.25, 0.3) is 5.91 Å². The standard InChI is InChI=1S/C15H17N3O5/c1-4-10-9-6-7-23-14(9)13(20)12(18(10)17-5-2)15(21)16-8-11(19)22-3/h4-7,20H,8H2,1-3H3,(H,16,21)/b10-4?,17-5-. The number of furan rings is 1. The molecule has 8 heteroatoms. The molecule has 1 aromatic heterocycles. The van der Waals surface area contributed by atoms with Crippen LogP contribution in [0.1, 0.15) is 25.2 Å². The molecule has 0 unspecified atom stereocenters. The van der Waals surface area contributed by atoms with Crippen LogP contribution in [0.4, 0.5) is 0 Å². The summed E-state index contributed by atoms with van der Waals surface area (Å²) in [6.07, 6.45) is 4.63. The minimum Gasteiger partial charge on any atom is -0.503 e. The van der Waals surface area contributed by atoms with Crippen molar-refractivity contribution in [3.8, 4) is 0 Å². The minimum atomic E-state index is -0.681. The largest absolute Gasteiger partial charge is 0.503 e. The number of hydrazone groups is 1. The molecule has 1 aliphatic heterocycles. The molecule has 0 spiro atoms. The number of nitrogens with one attached hydrogen (secondary N) is 1. The molecule has 122 valence electrons. The number of methoxy groups -OCH3 is 1. The molecule has 1 amide bonds. The fourth-order valence-electron chi connectivity index (χ4n) is 2.16. The number of amides is 1. The van der Waals surface area contributed by atoms with Gasteiger partial charge in [-0.1, -0.05) is 6.08 Å². The Balaban J connectivity index is 2.46. The average molecular weight is 319 g/mol. The van der Waals surface area contributed by atoms with E-state index in [0.717, 1.165) is 0 Å². The van der Waals surface area contributed by atoms with Crippen molar-refractivity contribution >= 4 is 29.5 Å². The molecular weight excluding hydrogens is 302 g/mol. The van der Waals surface area contributed by atoms with Gasteiger partial charge >= 0.3 is 5.97 Å². The summed E-state index contributed by atoms with van der Waals surface area (Å²) in [5.41, 5.74) is 1.05. The number of aliphatic hydroxyl groups excluding tert-OH is 1. The average Bonchev–Trinajstić information content (AvgIpc) is 3.03. The summed E-state index contributed by atoms with van der Waals surface area (Å²) in [7, 11) is 1.21. The van der Waals surface area contributed by atoms with E-state index in [1.165, 1.54) is 24.6 Å². The Hall–Kier alpha value is -3.03. The zero-order valence-corrected chi connectivity index (χ0v) is 13.0. The molecule has 23 heavy (non-hydrogen) atoms. The highest BCUT2D eigenvalue weighted by molar-refractivity contribution is 6.04. The first kappa shape index (κ1) is 16.3. The van der Waals surface area contributed by atoms with Crippen molar-refractivity contribution in [1.82, 2.24) is 10.3 Å². The number of hydrogen-bond donors (Lipinski definition) is 2. The third-order valence-corrected chi connectivity index (χ3v) is 3.16. The zero-order valence-electron chi connectivity index (χ0n) is 13.0. The molecule has 0 atom stereocenters. The molecular formula is C15H17N3O5. The van der Waals surface area contributed by atoms with Gasteiger partial charge in [-0.2, -0.15) is 5.10 Å². The number of allylic oxidation sites excluding steroid dienone is 1. The first-order valence-corrected chi connectivity index (χ1v) is 6.86. The SMILES string of the molecule is CC=C1c2ccoc2C(O)=C(C(=O)NCC(=O)OC)N1/N=C\C. The summed E-state index contributed by atoms with van der Waals surface area (Å²) < 4.78 is 9.73. The molecule has 8 nitrogen and oxygen atoms in total. The van der Waals surface area contributed by atoms with Crippen LogP contribution in [0.5, 0.6) is 0 Å². The van der Waals surface area contributed by atoms with Crippen molar-refractivity contribution < 1.29 is 23.8 Å². The Kier molecular flexibility index (Phi) is 4.85. The maximum atomic E-state index is 12.4. The summed E-state index contributed by atoms with van der Waals surface area (Å²) in [6, 6.07) is 1.67. The maximum absolute atomic E-state index is 12.4. The smallest absolute Gasteiger partial charge is 0.325 e. The van der Waals surface area contributed by atoms with Gasteiger partial charge in [0.2, 0.25) is 0 Å². The van der Waals surface area contributed by atoms with E-state index in [1.807, 2.05) is 0 Å². The van der Waals surface area contributed by atoms with Gasteiger partial charge in [0.15, 0.2) is 17.2 Å². The number of ether oxygens (including phenoxy) is 1. The molecule has 0 aromatic carbocycles. The van der Waals surface area contributed by atoms with Crippen LogP contribution in [0.15, 0.2) is 33.6 Å². The lowest BCUT2D eigenvalue weighted by Crippen LogP contribution is -2.37. The summed E-state index contributed by atoms with van der Waals surface area (Å²) in [5.74, 6) is -1.47. The van der Waals surface area contributed by atoms with E-state index in [9.17, 15) is 14.7 Å². The van der Waals surface area contributed by atoms with E-state index in [-0.39, 0.29) is 23.8 Å². The number of aliphatic hydroxyl groups is 1. The molecule has 0 bridgehead atoms. The van der Waals surface area contributed by atoms with E-state index in [2.05, 4.69) is 15.2 Å². The van der Waals surface area contributed by atoms with Crippen molar-refractivity contribution in [2.75, 3.05) is 13.7 Å². The molecule has 0 aliphatic carbocycles. The Morgan fingerprint density at radius 3 is 2.83 bits per heavy atom. The highest BCUT2D eigenvalue weighted by Gasteiger charge is 2.35. The quantitative estimate of drug-likeness (QED) is 0.643. The topological polar surface area (TPSA) is 104 Å². The van der Waals surface area contributed by atoms with E-state index in [1.54, 1.807) is 26.0 Å². The van der Waals surface area contributed by atoms with Gasteiger partial charge in [0.1, 0.15) is 6.54 Å². The van der Waals surface area contributed by atoms with Gasteiger partial charge in [-0.25, -0.2) is 5.01 Å². The second kappa shape index (κ2) is 6.82. The number of carbonyl (C=O) groups excluding carboxylic acids is 2. The molecule has 1 aliphatic rings. The molecule has 0 saturated carbocycles. The molecule has 2 heterocycles. The zero-order chi connectivity index (χ0) is 17.0. The first-order chi connectivity index (χ1) is 11.0. The highest BCUT2D eigenvalue weighted by atomic mass is 16.5. The highest BCUT2D eigenvalue weighted by Crippen LogP contribution is 2.38. The summed E-state index contributed by atoms with van der Waals surface area (Å²) in [4.78, 5) is 23.6. The molecule has 1 aromatic rings. The lowest BCUT2D eigenvalue weighted by Gasteiger charge is -2.28. The number of rotatable bonds is 4. The van der Waals surface area contributed by atoms with Gasteiger partial charge in [0.05, 0.1) is 19.1 Å². The summed E-state index contributed by atoms with van der Waals surface area (Å²) in [6.45, 7) is 3.13. The van der Waals surface area contributed by atoms with Crippen molar-refractivity contribution in [2.45, 2.75) is 13.8 Å².